The van der Waals surface area contributed by atoms with E-state index >= 15 is 0 Å². The molecule has 0 aromatic heterocycles. The second kappa shape index (κ2) is 9.71. The van der Waals surface area contributed by atoms with Crippen LogP contribution in [-0.4, -0.2) is 0 Å². The standard InChI is InChI=1S/C27H15N3O3/c28-16-19-1-7-22(8-2-19)31-25-13-26(32-23-9-3-20(17-29)4-10-23)15-27(14-25)33-24-11-5-21(18-30)6-12-24/h1-15H. The lowest BCUT2D eigenvalue weighted by molar-refractivity contribution is 0.440. The fourth-order valence-electron chi connectivity index (χ4n) is 2.92. The van der Waals surface area contributed by atoms with Crippen LogP contribution in [0.5, 0.6) is 34.5 Å². The molecule has 6 nitrogen and oxygen atoms in total. The van der Waals surface area contributed by atoms with Crippen LogP contribution in [0.15, 0.2) is 91.0 Å². The quantitative estimate of drug-likeness (QED) is 0.339. The lowest BCUT2D eigenvalue weighted by atomic mass is 10.2. The molecule has 0 atom stereocenters. The van der Waals surface area contributed by atoms with Crippen LogP contribution in [0, 0.1) is 34.0 Å². The Bertz CT molecular complexity index is 1200. The number of ether oxygens (including phenoxy) is 3. The summed E-state index contributed by atoms with van der Waals surface area (Å²) in [5.74, 6) is 3.05. The van der Waals surface area contributed by atoms with E-state index in [9.17, 15) is 0 Å². The van der Waals surface area contributed by atoms with Crippen LogP contribution in [-0.2, 0) is 0 Å². The predicted molar refractivity (Wildman–Crippen MR) is 120 cm³/mol. The predicted octanol–water partition coefficient (Wildman–Crippen LogP) is 6.68. The average molecular weight is 429 g/mol. The van der Waals surface area contributed by atoms with Crippen molar-refractivity contribution in [2.45, 2.75) is 0 Å². The van der Waals surface area contributed by atoms with Crippen LogP contribution in [0.2, 0.25) is 0 Å². The van der Waals surface area contributed by atoms with Gasteiger partial charge in [-0.15, -0.1) is 0 Å². The molecule has 156 valence electrons. The number of hydrogen-bond acceptors (Lipinski definition) is 6. The monoisotopic (exact) mass is 429 g/mol. The van der Waals surface area contributed by atoms with Gasteiger partial charge in [-0.05, 0) is 72.8 Å². The van der Waals surface area contributed by atoms with Crippen molar-refractivity contribution >= 4 is 0 Å². The third-order valence-electron chi connectivity index (χ3n) is 4.51. The van der Waals surface area contributed by atoms with Gasteiger partial charge in [-0.25, -0.2) is 0 Å². The maximum absolute atomic E-state index is 8.98. The van der Waals surface area contributed by atoms with Gasteiger partial charge in [-0.1, -0.05) is 0 Å². The topological polar surface area (TPSA) is 99.1 Å². The van der Waals surface area contributed by atoms with Gasteiger partial charge < -0.3 is 14.2 Å². The van der Waals surface area contributed by atoms with Crippen LogP contribution in [0.25, 0.3) is 0 Å². The Morgan fingerprint density at radius 2 is 0.606 bits per heavy atom. The third-order valence-corrected chi connectivity index (χ3v) is 4.51. The molecule has 0 saturated heterocycles. The summed E-state index contributed by atoms with van der Waals surface area (Å²) in [7, 11) is 0. The first kappa shape index (κ1) is 21.0. The van der Waals surface area contributed by atoms with E-state index in [0.29, 0.717) is 51.2 Å². The molecule has 0 aliphatic rings. The molecule has 0 aliphatic carbocycles. The summed E-state index contributed by atoms with van der Waals surface area (Å²) in [6.07, 6.45) is 0. The Morgan fingerprint density at radius 3 is 0.818 bits per heavy atom. The molecule has 0 bridgehead atoms. The van der Waals surface area contributed by atoms with Gasteiger partial charge in [0.05, 0.1) is 34.9 Å². The number of nitriles is 3. The van der Waals surface area contributed by atoms with Crippen LogP contribution in [0.3, 0.4) is 0 Å². The highest BCUT2D eigenvalue weighted by Gasteiger charge is 2.09. The molecular weight excluding hydrogens is 414 g/mol. The van der Waals surface area contributed by atoms with Gasteiger partial charge in [-0.3, -0.25) is 0 Å². The van der Waals surface area contributed by atoms with Gasteiger partial charge in [0, 0.05) is 18.2 Å². The smallest absolute Gasteiger partial charge is 0.134 e. The molecule has 4 aromatic carbocycles. The Morgan fingerprint density at radius 1 is 0.364 bits per heavy atom. The van der Waals surface area contributed by atoms with Gasteiger partial charge in [-0.2, -0.15) is 15.8 Å². The zero-order chi connectivity index (χ0) is 23.0. The summed E-state index contributed by atoms with van der Waals surface area (Å²) in [5.41, 5.74) is 1.60. The molecular formula is C27H15N3O3. The molecule has 6 heteroatoms. The molecule has 0 unspecified atom stereocenters. The molecule has 4 aromatic rings. The molecule has 0 radical (unpaired) electrons. The minimum absolute atomic E-state index is 0.467. The fourth-order valence-corrected chi connectivity index (χ4v) is 2.92. The molecule has 0 amide bonds. The van der Waals surface area contributed by atoms with Crippen molar-refractivity contribution < 1.29 is 14.2 Å². The Balaban J connectivity index is 1.63. The highest BCUT2D eigenvalue weighted by Crippen LogP contribution is 2.35. The maximum atomic E-state index is 8.98. The summed E-state index contributed by atoms with van der Waals surface area (Å²) >= 11 is 0. The molecule has 0 heterocycles. The summed E-state index contributed by atoms with van der Waals surface area (Å²) in [6, 6.07) is 31.6. The van der Waals surface area contributed by atoms with Crippen LogP contribution in [0.1, 0.15) is 16.7 Å². The normalized spacial score (nSPS) is 9.73. The first-order valence-corrected chi connectivity index (χ1v) is 9.84. The van der Waals surface area contributed by atoms with Crippen LogP contribution < -0.4 is 14.2 Å². The molecule has 4 rings (SSSR count). The summed E-state index contributed by atoms with van der Waals surface area (Å²) in [4.78, 5) is 0. The molecule has 0 N–H and O–H groups in total. The number of benzene rings is 4. The van der Waals surface area contributed by atoms with E-state index in [1.54, 1.807) is 91.0 Å². The SMILES string of the molecule is N#Cc1ccc(Oc2cc(Oc3ccc(C#N)cc3)cc(Oc3ccc(C#N)cc3)c2)cc1. The van der Waals surface area contributed by atoms with E-state index in [0.717, 1.165) is 0 Å². The zero-order valence-corrected chi connectivity index (χ0v) is 17.2. The van der Waals surface area contributed by atoms with E-state index in [1.807, 2.05) is 0 Å². The van der Waals surface area contributed by atoms with E-state index < -0.39 is 0 Å². The van der Waals surface area contributed by atoms with Crippen LogP contribution >= 0.6 is 0 Å². The van der Waals surface area contributed by atoms with Crippen LogP contribution in [0.4, 0.5) is 0 Å². The van der Waals surface area contributed by atoms with Crippen molar-refractivity contribution in [2.75, 3.05) is 0 Å². The number of nitrogens with zero attached hydrogens (tertiary/aromatic N) is 3. The Hall–Kier alpha value is -5.25. The molecule has 0 fully saturated rings. The second-order valence-electron chi connectivity index (χ2n) is 6.85. The van der Waals surface area contributed by atoms with Crippen molar-refractivity contribution in [1.82, 2.24) is 0 Å². The Labute approximate surface area is 190 Å². The minimum Gasteiger partial charge on any atom is -0.457 e. The highest BCUT2D eigenvalue weighted by molar-refractivity contribution is 5.48. The molecule has 0 aliphatic heterocycles. The average Bonchev–Trinajstić information content (AvgIpc) is 2.85. The van der Waals surface area contributed by atoms with Gasteiger partial charge in [0.15, 0.2) is 0 Å². The van der Waals surface area contributed by atoms with E-state index in [2.05, 4.69) is 18.2 Å². The summed E-state index contributed by atoms with van der Waals surface area (Å²) in [6.45, 7) is 0. The van der Waals surface area contributed by atoms with Crippen molar-refractivity contribution in [2.24, 2.45) is 0 Å². The van der Waals surface area contributed by atoms with Crippen molar-refractivity contribution in [3.63, 3.8) is 0 Å². The minimum atomic E-state index is 0.467. The van der Waals surface area contributed by atoms with E-state index in [-0.39, 0.29) is 0 Å². The van der Waals surface area contributed by atoms with Gasteiger partial charge >= 0.3 is 0 Å². The number of hydrogen-bond donors (Lipinski definition) is 0. The largest absolute Gasteiger partial charge is 0.457 e. The van der Waals surface area contributed by atoms with E-state index in [4.69, 9.17) is 30.0 Å². The first-order valence-electron chi connectivity index (χ1n) is 9.84. The van der Waals surface area contributed by atoms with Crippen molar-refractivity contribution in [3.05, 3.63) is 108 Å². The Kier molecular flexibility index (Phi) is 6.18. The second-order valence-corrected chi connectivity index (χ2v) is 6.85. The van der Waals surface area contributed by atoms with Crippen molar-refractivity contribution in [1.29, 1.82) is 15.8 Å². The zero-order valence-electron chi connectivity index (χ0n) is 17.2. The molecule has 0 saturated carbocycles. The van der Waals surface area contributed by atoms with Crippen molar-refractivity contribution in [3.8, 4) is 52.7 Å². The number of rotatable bonds is 6. The summed E-state index contributed by atoms with van der Waals surface area (Å²) < 4.78 is 17.9. The van der Waals surface area contributed by atoms with E-state index in [1.165, 1.54) is 0 Å². The van der Waals surface area contributed by atoms with Gasteiger partial charge in [0.2, 0.25) is 0 Å². The fraction of sp³-hybridized carbons (Fsp3) is 0. The molecule has 0 spiro atoms. The summed E-state index contributed by atoms with van der Waals surface area (Å²) in [5, 5.41) is 26.9. The lowest BCUT2D eigenvalue weighted by Gasteiger charge is -2.13. The highest BCUT2D eigenvalue weighted by atomic mass is 16.5. The maximum Gasteiger partial charge on any atom is 0.134 e. The first-order chi connectivity index (χ1) is 16.1. The van der Waals surface area contributed by atoms with Gasteiger partial charge in [0.25, 0.3) is 0 Å². The van der Waals surface area contributed by atoms with Gasteiger partial charge in [0.1, 0.15) is 34.5 Å². The molecule has 33 heavy (non-hydrogen) atoms. The third kappa shape index (κ3) is 5.47. The lowest BCUT2D eigenvalue weighted by Crippen LogP contribution is -1.91.